The molecule has 4 nitrogen and oxygen atoms in total. The van der Waals surface area contributed by atoms with Gasteiger partial charge in [0.05, 0.1) is 22.7 Å². The molecule has 12 aromatic carbocycles. The lowest BCUT2D eigenvalue weighted by Crippen LogP contribution is -2.16. The number of para-hydroxylation sites is 4. The normalized spacial score (nSPS) is 12.0. The summed E-state index contributed by atoms with van der Waals surface area (Å²) in [6.45, 7) is 9.05. The van der Waals surface area contributed by atoms with Crippen LogP contribution in [-0.4, -0.2) is 0 Å². The fraction of sp³-hybridized carbons (Fsp3) is 0.0725. The smallest absolute Gasteiger partial charge is 0.159 e. The van der Waals surface area contributed by atoms with E-state index < -0.39 is 0 Å². The van der Waals surface area contributed by atoms with Crippen molar-refractivity contribution in [2.24, 2.45) is 0 Å². The fourth-order valence-electron chi connectivity index (χ4n) is 11.6. The van der Waals surface area contributed by atoms with Crippen LogP contribution in [0.3, 0.4) is 0 Å². The molecule has 14 rings (SSSR count). The molecule has 73 heavy (non-hydrogen) atoms. The third kappa shape index (κ3) is 6.82. The van der Waals surface area contributed by atoms with E-state index in [4.69, 9.17) is 8.83 Å². The third-order valence-corrected chi connectivity index (χ3v) is 15.2. The van der Waals surface area contributed by atoms with E-state index in [1.54, 1.807) is 0 Å². The molecule has 0 bridgehead atoms. The molecular weight excluding hydrogens is 889 g/mol. The Bertz CT molecular complexity index is 4170. The molecule has 0 saturated heterocycles. The first kappa shape index (κ1) is 42.7. The molecule has 2 heterocycles. The van der Waals surface area contributed by atoms with E-state index in [-0.39, 0.29) is 0 Å². The summed E-state index contributed by atoms with van der Waals surface area (Å²) >= 11 is 0. The zero-order valence-corrected chi connectivity index (χ0v) is 41.2. The van der Waals surface area contributed by atoms with Gasteiger partial charge in [0.2, 0.25) is 0 Å². The van der Waals surface area contributed by atoms with Crippen molar-refractivity contribution in [3.63, 3.8) is 0 Å². The second kappa shape index (κ2) is 16.8. The lowest BCUT2D eigenvalue weighted by atomic mass is 9.88. The van der Waals surface area contributed by atoms with Gasteiger partial charge in [-0.3, -0.25) is 0 Å². The van der Waals surface area contributed by atoms with Crippen LogP contribution >= 0.6 is 0 Å². The van der Waals surface area contributed by atoms with E-state index >= 15 is 0 Å². The zero-order valence-electron chi connectivity index (χ0n) is 41.2. The van der Waals surface area contributed by atoms with Crippen LogP contribution in [0, 0.1) is 13.8 Å². The van der Waals surface area contributed by atoms with Gasteiger partial charge < -0.3 is 18.6 Å². The first-order valence-corrected chi connectivity index (χ1v) is 25.3. The Balaban J connectivity index is 1.13. The fourth-order valence-corrected chi connectivity index (χ4v) is 11.6. The van der Waals surface area contributed by atoms with E-state index in [9.17, 15) is 0 Å². The second-order valence-electron chi connectivity index (χ2n) is 19.9. The number of hydrogen-bond donors (Lipinski definition) is 0. The molecule has 0 amide bonds. The molecule has 0 atom stereocenters. The molecule has 4 heteroatoms. The maximum atomic E-state index is 6.99. The Hall–Kier alpha value is -9.12. The van der Waals surface area contributed by atoms with Crippen LogP contribution < -0.4 is 9.80 Å². The summed E-state index contributed by atoms with van der Waals surface area (Å²) in [6.07, 6.45) is 0. The van der Waals surface area contributed by atoms with Crippen molar-refractivity contribution in [3.8, 4) is 22.3 Å². The quantitative estimate of drug-likeness (QED) is 0.135. The minimum absolute atomic E-state index is 0.372. The summed E-state index contributed by atoms with van der Waals surface area (Å²) in [6, 6.07) is 81.7. The van der Waals surface area contributed by atoms with Gasteiger partial charge in [0, 0.05) is 49.1 Å². The predicted molar refractivity (Wildman–Crippen MR) is 309 cm³/mol. The molecule has 2 aromatic heterocycles. The summed E-state index contributed by atoms with van der Waals surface area (Å²) in [5.74, 6) is 0.372. The Morgan fingerprint density at radius 3 is 1.21 bits per heavy atom. The van der Waals surface area contributed by atoms with Crippen molar-refractivity contribution in [1.82, 2.24) is 0 Å². The second-order valence-corrected chi connectivity index (χ2v) is 19.9. The lowest BCUT2D eigenvalue weighted by Gasteiger charge is -2.33. The Morgan fingerprint density at radius 2 is 0.753 bits per heavy atom. The highest BCUT2D eigenvalue weighted by Crippen LogP contribution is 2.54. The Morgan fingerprint density at radius 1 is 0.315 bits per heavy atom. The molecule has 0 fully saturated rings. The highest BCUT2D eigenvalue weighted by molar-refractivity contribution is 6.30. The van der Waals surface area contributed by atoms with E-state index in [0.29, 0.717) is 5.92 Å². The maximum Gasteiger partial charge on any atom is 0.159 e. The number of hydrogen-bond acceptors (Lipinski definition) is 4. The maximum absolute atomic E-state index is 6.99. The van der Waals surface area contributed by atoms with E-state index in [1.165, 1.54) is 49.4 Å². The number of anilines is 6. The van der Waals surface area contributed by atoms with Crippen LogP contribution in [-0.2, 0) is 0 Å². The van der Waals surface area contributed by atoms with Crippen LogP contribution in [0.2, 0.25) is 0 Å². The van der Waals surface area contributed by atoms with Crippen LogP contribution in [0.25, 0.3) is 98.4 Å². The Kier molecular flexibility index (Phi) is 9.81. The van der Waals surface area contributed by atoms with Gasteiger partial charge in [-0.25, -0.2) is 0 Å². The average molecular weight is 939 g/mol. The van der Waals surface area contributed by atoms with E-state index in [1.807, 2.05) is 0 Å². The van der Waals surface area contributed by atoms with Gasteiger partial charge in [0.1, 0.15) is 11.2 Å². The van der Waals surface area contributed by atoms with Crippen LogP contribution in [0.5, 0.6) is 0 Å². The topological polar surface area (TPSA) is 32.8 Å². The average Bonchev–Trinajstić information content (AvgIpc) is 4.02. The minimum atomic E-state index is 0.372. The van der Waals surface area contributed by atoms with Gasteiger partial charge >= 0.3 is 0 Å². The molecule has 0 saturated carbocycles. The summed E-state index contributed by atoms with van der Waals surface area (Å²) in [7, 11) is 0. The standard InChI is InChI=1S/C69H50N2O2/c1-42(2)51-39-49-29-33-56-62(70(58-35-31-47(37-43(58)3)45-17-7-5-8-18-45)60-25-15-23-54-52-21-11-13-27-64(52)72-68(54)60)41-63(57-34-30-50(40-51)66(49)67(56)57)71(59-36-32-48(38-44(59)4)46-19-9-6-10-20-46)61-26-16-24-55-53-22-12-14-28-65(53)73-69(55)61/h5-42H,1-4H3. The number of nitrogens with zero attached hydrogens (tertiary/aromatic N) is 2. The van der Waals surface area contributed by atoms with Gasteiger partial charge in [0.15, 0.2) is 11.2 Å². The first-order valence-electron chi connectivity index (χ1n) is 25.3. The first-order chi connectivity index (χ1) is 35.9. The zero-order chi connectivity index (χ0) is 48.9. The van der Waals surface area contributed by atoms with Gasteiger partial charge in [-0.1, -0.05) is 184 Å². The molecule has 0 radical (unpaired) electrons. The SMILES string of the molecule is Cc1cc(-c2ccccc2)ccc1N(c1cc(N(c2ccc(-c3ccccc3)cc2C)c2cccc3c2oc2ccccc23)c2ccc3cc(C(C)C)cc4ccc1c2c43)c1cccc2c1oc1ccccc12. The lowest BCUT2D eigenvalue weighted by molar-refractivity contribution is 0.669. The molecule has 0 aliphatic carbocycles. The van der Waals surface area contributed by atoms with Crippen LogP contribution in [0.15, 0.2) is 233 Å². The third-order valence-electron chi connectivity index (χ3n) is 15.2. The molecular formula is C69H50N2O2. The molecule has 0 aliphatic heterocycles. The van der Waals surface area contributed by atoms with E-state index in [0.717, 1.165) is 99.9 Å². The highest BCUT2D eigenvalue weighted by atomic mass is 16.3. The van der Waals surface area contributed by atoms with Crippen molar-refractivity contribution < 1.29 is 8.83 Å². The summed E-state index contributed by atoms with van der Waals surface area (Å²) in [4.78, 5) is 4.93. The molecule has 348 valence electrons. The number of aryl methyl sites for hydroxylation is 2. The molecule has 0 spiro atoms. The van der Waals surface area contributed by atoms with Crippen molar-refractivity contribution in [3.05, 3.63) is 241 Å². The molecule has 0 aliphatic rings. The van der Waals surface area contributed by atoms with Crippen molar-refractivity contribution in [2.45, 2.75) is 33.6 Å². The predicted octanol–water partition coefficient (Wildman–Crippen LogP) is 20.4. The summed E-state index contributed by atoms with van der Waals surface area (Å²) in [5.41, 5.74) is 17.8. The largest absolute Gasteiger partial charge is 0.454 e. The van der Waals surface area contributed by atoms with Crippen molar-refractivity contribution in [1.29, 1.82) is 0 Å². The van der Waals surface area contributed by atoms with Crippen LogP contribution in [0.4, 0.5) is 34.1 Å². The van der Waals surface area contributed by atoms with E-state index in [2.05, 4.69) is 262 Å². The summed E-state index contributed by atoms with van der Waals surface area (Å²) < 4.78 is 14.0. The van der Waals surface area contributed by atoms with Gasteiger partial charge in [-0.15, -0.1) is 0 Å². The number of benzene rings is 12. The molecule has 0 unspecified atom stereocenters. The summed E-state index contributed by atoms with van der Waals surface area (Å²) in [5, 5.41) is 11.5. The Labute approximate surface area is 423 Å². The highest BCUT2D eigenvalue weighted by Gasteiger charge is 2.29. The molecule has 0 N–H and O–H groups in total. The van der Waals surface area contributed by atoms with Crippen LogP contribution in [0.1, 0.15) is 36.5 Å². The molecule has 14 aromatic rings. The van der Waals surface area contributed by atoms with Gasteiger partial charge in [-0.2, -0.15) is 0 Å². The number of rotatable bonds is 9. The van der Waals surface area contributed by atoms with Gasteiger partial charge in [0.25, 0.3) is 0 Å². The van der Waals surface area contributed by atoms with Gasteiger partial charge in [-0.05, 0) is 129 Å². The van der Waals surface area contributed by atoms with Crippen molar-refractivity contribution >= 4 is 110 Å². The van der Waals surface area contributed by atoms with Crippen molar-refractivity contribution in [2.75, 3.05) is 9.80 Å². The minimum Gasteiger partial charge on any atom is -0.454 e. The number of furan rings is 2. The monoisotopic (exact) mass is 938 g/mol. The number of fused-ring (bicyclic) bond motifs is 6.